The van der Waals surface area contributed by atoms with E-state index in [-0.39, 0.29) is 6.42 Å². The second kappa shape index (κ2) is 10.4. The molecule has 0 bridgehead atoms. The number of benzene rings is 1. The number of nitrogens with zero attached hydrogens (tertiary/aromatic N) is 1. The fourth-order valence-electron chi connectivity index (χ4n) is 2.97. The number of halogens is 3. The molecule has 0 atom stereocenters. The zero-order chi connectivity index (χ0) is 19.7. The van der Waals surface area contributed by atoms with E-state index >= 15 is 0 Å². The summed E-state index contributed by atoms with van der Waals surface area (Å²) in [7, 11) is 0. The minimum absolute atomic E-state index is 0.238. The number of hydrogen-bond acceptors (Lipinski definition) is 3. The summed E-state index contributed by atoms with van der Waals surface area (Å²) in [6.45, 7) is 0. The molecule has 0 aliphatic heterocycles. The number of alkyl halides is 3. The zero-order valence-corrected chi connectivity index (χ0v) is 15.9. The van der Waals surface area contributed by atoms with Crippen LogP contribution in [-0.4, -0.2) is 16.1 Å². The van der Waals surface area contributed by atoms with Crippen LogP contribution >= 0.6 is 11.3 Å². The number of aryl methyl sites for hydroxylation is 1. The number of thiazole rings is 1. The Hall–Kier alpha value is -1.89. The van der Waals surface area contributed by atoms with Crippen LogP contribution in [0, 0.1) is 0 Å². The third kappa shape index (κ3) is 7.33. The van der Waals surface area contributed by atoms with Crippen molar-refractivity contribution in [3.63, 3.8) is 0 Å². The largest absolute Gasteiger partial charge is 0.481 e. The third-order valence-electron chi connectivity index (χ3n) is 4.40. The maximum Gasteiger partial charge on any atom is 0.416 e. The van der Waals surface area contributed by atoms with Crippen molar-refractivity contribution in [2.45, 2.75) is 64.0 Å². The highest BCUT2D eigenvalue weighted by atomic mass is 32.1. The van der Waals surface area contributed by atoms with Crippen molar-refractivity contribution in [2.75, 3.05) is 0 Å². The van der Waals surface area contributed by atoms with Crippen molar-refractivity contribution in [3.05, 3.63) is 41.0 Å². The lowest BCUT2D eigenvalue weighted by Crippen LogP contribution is -2.04. The molecule has 7 heteroatoms. The lowest BCUT2D eigenvalue weighted by atomic mass is 10.0. The number of aromatic nitrogens is 1. The number of unbranched alkanes of at least 4 members (excludes halogenated alkanes) is 6. The van der Waals surface area contributed by atoms with Gasteiger partial charge in [0.1, 0.15) is 0 Å². The zero-order valence-electron chi connectivity index (χ0n) is 15.1. The van der Waals surface area contributed by atoms with E-state index in [0.29, 0.717) is 5.56 Å². The number of carbonyl (C=O) groups is 1. The van der Waals surface area contributed by atoms with Crippen LogP contribution in [0.25, 0.3) is 10.4 Å². The Morgan fingerprint density at radius 3 is 2.37 bits per heavy atom. The van der Waals surface area contributed by atoms with Gasteiger partial charge in [-0.05, 0) is 37.0 Å². The van der Waals surface area contributed by atoms with Crippen LogP contribution in [-0.2, 0) is 17.4 Å². The third-order valence-corrected chi connectivity index (χ3v) is 5.32. The van der Waals surface area contributed by atoms with Gasteiger partial charge in [0.15, 0.2) is 0 Å². The van der Waals surface area contributed by atoms with Crippen molar-refractivity contribution in [3.8, 4) is 10.4 Å². The van der Waals surface area contributed by atoms with E-state index in [4.69, 9.17) is 5.11 Å². The lowest BCUT2D eigenvalue weighted by Gasteiger charge is -2.09. The van der Waals surface area contributed by atoms with E-state index in [1.54, 1.807) is 11.6 Å². The average Bonchev–Trinajstić information content (AvgIpc) is 3.08. The fraction of sp³-hybridized carbons (Fsp3) is 0.500. The second-order valence-electron chi connectivity index (χ2n) is 6.58. The smallest absolute Gasteiger partial charge is 0.416 e. The van der Waals surface area contributed by atoms with E-state index in [9.17, 15) is 18.0 Å². The quantitative estimate of drug-likeness (QED) is 0.434. The first-order valence-corrected chi connectivity index (χ1v) is 10.1. The van der Waals surface area contributed by atoms with E-state index in [0.717, 1.165) is 68.0 Å². The Morgan fingerprint density at radius 2 is 1.70 bits per heavy atom. The Kier molecular flexibility index (Phi) is 8.28. The molecule has 3 nitrogen and oxygen atoms in total. The Labute approximate surface area is 161 Å². The van der Waals surface area contributed by atoms with Gasteiger partial charge in [-0.25, -0.2) is 4.98 Å². The Bertz CT molecular complexity index is 728. The Balaban J connectivity index is 1.77. The van der Waals surface area contributed by atoms with Crippen molar-refractivity contribution >= 4 is 17.3 Å². The highest BCUT2D eigenvalue weighted by molar-refractivity contribution is 7.13. The molecule has 1 N–H and O–H groups in total. The molecule has 1 heterocycles. The molecule has 0 aliphatic rings. The molecule has 0 fully saturated rings. The number of carboxylic acid groups (broad SMARTS) is 1. The lowest BCUT2D eigenvalue weighted by molar-refractivity contribution is -0.138. The standard InChI is InChI=1S/C20H24F3NO2S/c21-20(22,23)16-10-8-9-15(13-16)19-17(24-14-27-19)11-6-4-2-1-3-5-7-12-18(25)26/h8-10,13-14H,1-7,11-12H2,(H,25,26). The highest BCUT2D eigenvalue weighted by Crippen LogP contribution is 2.34. The van der Waals surface area contributed by atoms with Gasteiger partial charge in [0.25, 0.3) is 0 Å². The monoisotopic (exact) mass is 399 g/mol. The molecule has 0 radical (unpaired) electrons. The van der Waals surface area contributed by atoms with Crippen LogP contribution in [0.5, 0.6) is 0 Å². The molecule has 0 amide bonds. The van der Waals surface area contributed by atoms with Crippen molar-refractivity contribution < 1.29 is 23.1 Å². The van der Waals surface area contributed by atoms with Gasteiger partial charge in [0.05, 0.1) is 21.6 Å². The molecule has 2 aromatic rings. The molecule has 0 spiro atoms. The van der Waals surface area contributed by atoms with Gasteiger partial charge in [-0.15, -0.1) is 11.3 Å². The molecule has 1 aromatic heterocycles. The Morgan fingerprint density at radius 1 is 1.04 bits per heavy atom. The van der Waals surface area contributed by atoms with Crippen LogP contribution in [0.3, 0.4) is 0 Å². The number of carboxylic acids is 1. The first-order valence-electron chi connectivity index (χ1n) is 9.19. The maximum atomic E-state index is 12.9. The van der Waals surface area contributed by atoms with Crippen molar-refractivity contribution in [1.82, 2.24) is 4.98 Å². The summed E-state index contributed by atoms with van der Waals surface area (Å²) in [6.07, 6.45) is 3.52. The first-order chi connectivity index (χ1) is 12.9. The second-order valence-corrected chi connectivity index (χ2v) is 7.43. The molecule has 0 saturated heterocycles. The predicted octanol–water partition coefficient (Wildman–Crippen LogP) is 6.58. The van der Waals surface area contributed by atoms with Gasteiger partial charge in [-0.3, -0.25) is 4.79 Å². The van der Waals surface area contributed by atoms with Crippen LogP contribution in [0.2, 0.25) is 0 Å². The van der Waals surface area contributed by atoms with E-state index in [1.807, 2.05) is 0 Å². The average molecular weight is 399 g/mol. The molecule has 0 aliphatic carbocycles. The minimum Gasteiger partial charge on any atom is -0.481 e. The molecule has 148 valence electrons. The molecular formula is C20H24F3NO2S. The highest BCUT2D eigenvalue weighted by Gasteiger charge is 2.30. The van der Waals surface area contributed by atoms with Crippen LogP contribution in [0.4, 0.5) is 13.2 Å². The summed E-state index contributed by atoms with van der Waals surface area (Å²) >= 11 is 1.38. The van der Waals surface area contributed by atoms with E-state index < -0.39 is 17.7 Å². The van der Waals surface area contributed by atoms with Gasteiger partial charge >= 0.3 is 12.1 Å². The summed E-state index contributed by atoms with van der Waals surface area (Å²) in [5, 5.41) is 8.58. The minimum atomic E-state index is -4.34. The molecule has 0 unspecified atom stereocenters. The number of rotatable bonds is 11. The summed E-state index contributed by atoms with van der Waals surface area (Å²) < 4.78 is 38.7. The summed E-state index contributed by atoms with van der Waals surface area (Å²) in [5.41, 5.74) is 2.48. The van der Waals surface area contributed by atoms with Crippen molar-refractivity contribution in [1.29, 1.82) is 0 Å². The summed E-state index contributed by atoms with van der Waals surface area (Å²) in [5.74, 6) is -0.741. The summed E-state index contributed by atoms with van der Waals surface area (Å²) in [6, 6.07) is 5.41. The maximum absolute atomic E-state index is 12.9. The molecule has 27 heavy (non-hydrogen) atoms. The molecule has 2 rings (SSSR count). The van der Waals surface area contributed by atoms with Gasteiger partial charge in [0, 0.05) is 6.42 Å². The van der Waals surface area contributed by atoms with E-state index in [2.05, 4.69) is 4.98 Å². The van der Waals surface area contributed by atoms with Gasteiger partial charge < -0.3 is 5.11 Å². The first kappa shape index (κ1) is 21.4. The van der Waals surface area contributed by atoms with Crippen LogP contribution < -0.4 is 0 Å². The molecule has 0 saturated carbocycles. The van der Waals surface area contributed by atoms with Gasteiger partial charge in [-0.1, -0.05) is 44.2 Å². The summed E-state index contributed by atoms with van der Waals surface area (Å²) in [4.78, 5) is 15.6. The normalized spacial score (nSPS) is 11.7. The van der Waals surface area contributed by atoms with Gasteiger partial charge in [0.2, 0.25) is 0 Å². The van der Waals surface area contributed by atoms with Crippen LogP contribution in [0.1, 0.15) is 62.6 Å². The number of aliphatic carboxylic acids is 1. The fourth-order valence-corrected chi connectivity index (χ4v) is 3.81. The van der Waals surface area contributed by atoms with E-state index in [1.165, 1.54) is 23.5 Å². The topological polar surface area (TPSA) is 50.2 Å². The predicted molar refractivity (Wildman–Crippen MR) is 101 cm³/mol. The van der Waals surface area contributed by atoms with Gasteiger partial charge in [-0.2, -0.15) is 13.2 Å². The van der Waals surface area contributed by atoms with Crippen molar-refractivity contribution in [2.24, 2.45) is 0 Å². The SMILES string of the molecule is O=C(O)CCCCCCCCCc1ncsc1-c1cccc(C(F)(F)F)c1. The number of hydrogen-bond donors (Lipinski definition) is 1. The molecule has 1 aromatic carbocycles. The molecular weight excluding hydrogens is 375 g/mol. The van der Waals surface area contributed by atoms with Crippen LogP contribution in [0.15, 0.2) is 29.8 Å².